The molecule has 1 fully saturated rings. The van der Waals surface area contributed by atoms with Gasteiger partial charge in [-0.1, -0.05) is 6.92 Å². The van der Waals surface area contributed by atoms with Crippen molar-refractivity contribution in [2.45, 2.75) is 31.4 Å². The molecule has 1 aliphatic rings. The van der Waals surface area contributed by atoms with Crippen molar-refractivity contribution in [3.05, 3.63) is 0 Å². The van der Waals surface area contributed by atoms with Crippen LogP contribution in [0.3, 0.4) is 0 Å². The molecule has 1 saturated carbocycles. The van der Waals surface area contributed by atoms with Gasteiger partial charge in [-0.15, -0.1) is 0 Å². The molecule has 2 atom stereocenters. The summed E-state index contributed by atoms with van der Waals surface area (Å²) < 4.78 is 22.7. The van der Waals surface area contributed by atoms with E-state index in [0.717, 1.165) is 12.7 Å². The number of hydrogen-bond acceptors (Lipinski definition) is 3. The second kappa shape index (κ2) is 3.56. The third-order valence-corrected chi connectivity index (χ3v) is 4.78. The highest BCUT2D eigenvalue weighted by atomic mass is 32.2. The molecule has 0 amide bonds. The highest BCUT2D eigenvalue weighted by molar-refractivity contribution is 7.92. The van der Waals surface area contributed by atoms with Gasteiger partial charge in [0.25, 0.3) is 0 Å². The fourth-order valence-corrected chi connectivity index (χ4v) is 3.17. The van der Waals surface area contributed by atoms with E-state index in [1.54, 1.807) is 6.92 Å². The van der Waals surface area contributed by atoms with Gasteiger partial charge in [-0.3, -0.25) is 0 Å². The molecule has 1 rings (SSSR count). The van der Waals surface area contributed by atoms with Gasteiger partial charge in [0.05, 0.1) is 5.25 Å². The maximum absolute atomic E-state index is 11.3. The Morgan fingerprint density at radius 3 is 2.50 bits per heavy atom. The molecule has 3 nitrogen and oxygen atoms in total. The topological polar surface area (TPSA) is 51.2 Å². The number of aldehydes is 1. The average molecular weight is 190 g/mol. The van der Waals surface area contributed by atoms with Crippen LogP contribution in [0.1, 0.15) is 26.2 Å². The van der Waals surface area contributed by atoms with Crippen LogP contribution in [0.4, 0.5) is 0 Å². The third-order valence-electron chi connectivity index (χ3n) is 2.53. The number of rotatable bonds is 3. The molecule has 0 N–H and O–H groups in total. The van der Waals surface area contributed by atoms with Gasteiger partial charge < -0.3 is 4.79 Å². The SMILES string of the molecule is CCS(=O)(=O)[C@@H]1CC[C@H](C=O)C1. The summed E-state index contributed by atoms with van der Waals surface area (Å²) in [6, 6.07) is 0. The van der Waals surface area contributed by atoms with Crippen molar-refractivity contribution in [1.82, 2.24) is 0 Å². The molecular weight excluding hydrogens is 176 g/mol. The fourth-order valence-electron chi connectivity index (χ4n) is 1.66. The Hall–Kier alpha value is -0.380. The van der Waals surface area contributed by atoms with Crippen molar-refractivity contribution in [2.75, 3.05) is 5.75 Å². The van der Waals surface area contributed by atoms with E-state index in [2.05, 4.69) is 0 Å². The minimum Gasteiger partial charge on any atom is -0.303 e. The summed E-state index contributed by atoms with van der Waals surface area (Å²) in [4.78, 5) is 10.4. The Kier molecular flexibility index (Phi) is 2.88. The largest absolute Gasteiger partial charge is 0.303 e. The van der Waals surface area contributed by atoms with Crippen LogP contribution >= 0.6 is 0 Å². The maximum Gasteiger partial charge on any atom is 0.152 e. The fraction of sp³-hybridized carbons (Fsp3) is 0.875. The lowest BCUT2D eigenvalue weighted by Crippen LogP contribution is -2.20. The molecule has 70 valence electrons. The lowest BCUT2D eigenvalue weighted by molar-refractivity contribution is -0.110. The third kappa shape index (κ3) is 1.86. The predicted molar refractivity (Wildman–Crippen MR) is 46.7 cm³/mol. The average Bonchev–Trinajstić information content (AvgIpc) is 2.52. The molecule has 0 heterocycles. The van der Waals surface area contributed by atoms with E-state index in [1.807, 2.05) is 0 Å². The summed E-state index contributed by atoms with van der Waals surface area (Å²) in [6.07, 6.45) is 2.83. The minimum atomic E-state index is -2.90. The van der Waals surface area contributed by atoms with Gasteiger partial charge in [-0.25, -0.2) is 8.42 Å². The van der Waals surface area contributed by atoms with Crippen molar-refractivity contribution < 1.29 is 13.2 Å². The van der Waals surface area contributed by atoms with Gasteiger partial charge in [0.1, 0.15) is 6.29 Å². The van der Waals surface area contributed by atoms with Crippen LogP contribution in [-0.2, 0) is 14.6 Å². The second-order valence-corrected chi connectivity index (χ2v) is 5.85. The highest BCUT2D eigenvalue weighted by Gasteiger charge is 2.32. The summed E-state index contributed by atoms with van der Waals surface area (Å²) in [5, 5.41) is -0.252. The lowest BCUT2D eigenvalue weighted by atomic mass is 10.1. The summed E-state index contributed by atoms with van der Waals surface area (Å²) >= 11 is 0. The molecule has 0 bridgehead atoms. The Labute approximate surface area is 73.1 Å². The summed E-state index contributed by atoms with van der Waals surface area (Å²) in [6.45, 7) is 1.66. The number of sulfone groups is 1. The van der Waals surface area contributed by atoms with Crippen LogP contribution in [0.15, 0.2) is 0 Å². The molecule has 0 aromatic carbocycles. The molecule has 1 aliphatic carbocycles. The Bertz CT molecular complexity index is 255. The first kappa shape index (κ1) is 9.71. The van der Waals surface area contributed by atoms with Crippen LogP contribution < -0.4 is 0 Å². The quantitative estimate of drug-likeness (QED) is 0.618. The molecule has 4 heteroatoms. The van der Waals surface area contributed by atoms with Crippen molar-refractivity contribution in [1.29, 1.82) is 0 Å². The molecule has 0 spiro atoms. The van der Waals surface area contributed by atoms with E-state index < -0.39 is 9.84 Å². The van der Waals surface area contributed by atoms with Crippen LogP contribution in [0, 0.1) is 5.92 Å². The first-order valence-corrected chi connectivity index (χ1v) is 5.98. The van der Waals surface area contributed by atoms with E-state index in [-0.39, 0.29) is 16.9 Å². The zero-order valence-corrected chi connectivity index (χ0v) is 8.01. The number of carbonyl (C=O) groups excluding carboxylic acids is 1. The van der Waals surface area contributed by atoms with Crippen molar-refractivity contribution in [3.8, 4) is 0 Å². The molecule has 0 unspecified atom stereocenters. The maximum atomic E-state index is 11.3. The number of carbonyl (C=O) groups is 1. The van der Waals surface area contributed by atoms with Gasteiger partial charge in [0.2, 0.25) is 0 Å². The first-order valence-electron chi connectivity index (χ1n) is 4.27. The van der Waals surface area contributed by atoms with E-state index >= 15 is 0 Å². The first-order chi connectivity index (χ1) is 5.60. The van der Waals surface area contributed by atoms with Crippen LogP contribution in [0.5, 0.6) is 0 Å². The monoisotopic (exact) mass is 190 g/mol. The van der Waals surface area contributed by atoms with Gasteiger partial charge in [0, 0.05) is 11.7 Å². The highest BCUT2D eigenvalue weighted by Crippen LogP contribution is 2.29. The predicted octanol–water partition coefficient (Wildman–Crippen LogP) is 0.789. The van der Waals surface area contributed by atoms with E-state index in [0.29, 0.717) is 12.8 Å². The summed E-state index contributed by atoms with van der Waals surface area (Å²) in [5.74, 6) is 0.180. The zero-order chi connectivity index (χ0) is 9.19. The lowest BCUT2D eigenvalue weighted by Gasteiger charge is -2.07. The van der Waals surface area contributed by atoms with E-state index in [1.165, 1.54) is 0 Å². The molecular formula is C8H14O3S. The molecule has 12 heavy (non-hydrogen) atoms. The molecule has 0 aromatic rings. The molecule has 0 radical (unpaired) electrons. The van der Waals surface area contributed by atoms with E-state index in [9.17, 15) is 13.2 Å². The number of hydrogen-bond donors (Lipinski definition) is 0. The van der Waals surface area contributed by atoms with Crippen molar-refractivity contribution >= 4 is 16.1 Å². The van der Waals surface area contributed by atoms with Crippen LogP contribution in [-0.4, -0.2) is 25.7 Å². The smallest absolute Gasteiger partial charge is 0.152 e. The van der Waals surface area contributed by atoms with Gasteiger partial charge >= 0.3 is 0 Å². The van der Waals surface area contributed by atoms with Gasteiger partial charge in [-0.2, -0.15) is 0 Å². The van der Waals surface area contributed by atoms with Crippen LogP contribution in [0.25, 0.3) is 0 Å². The minimum absolute atomic E-state index is 0.0173. The summed E-state index contributed by atoms with van der Waals surface area (Å²) in [5.41, 5.74) is 0. The second-order valence-electron chi connectivity index (χ2n) is 3.28. The Balaban J connectivity index is 2.64. The van der Waals surface area contributed by atoms with Gasteiger partial charge in [-0.05, 0) is 19.3 Å². The molecule has 0 saturated heterocycles. The van der Waals surface area contributed by atoms with E-state index in [4.69, 9.17) is 0 Å². The summed E-state index contributed by atoms with van der Waals surface area (Å²) in [7, 11) is -2.90. The zero-order valence-electron chi connectivity index (χ0n) is 7.19. The van der Waals surface area contributed by atoms with Crippen molar-refractivity contribution in [2.24, 2.45) is 5.92 Å². The standard InChI is InChI=1S/C8H14O3S/c1-2-12(10,11)8-4-3-7(5-8)6-9/h6-8H,2-5H2,1H3/t7-,8+/m0/s1. The normalized spacial score (nSPS) is 30.4. The van der Waals surface area contributed by atoms with Crippen LogP contribution in [0.2, 0.25) is 0 Å². The Morgan fingerprint density at radius 1 is 1.42 bits per heavy atom. The Morgan fingerprint density at radius 2 is 2.08 bits per heavy atom. The van der Waals surface area contributed by atoms with Crippen molar-refractivity contribution in [3.63, 3.8) is 0 Å². The molecule has 0 aromatic heterocycles. The molecule has 0 aliphatic heterocycles. The van der Waals surface area contributed by atoms with Gasteiger partial charge in [0.15, 0.2) is 9.84 Å².